The number of rotatable bonds is 0. The number of aryl methyl sites for hydroxylation is 2. The van der Waals surface area contributed by atoms with Gasteiger partial charge in [-0.3, -0.25) is 0 Å². The minimum Gasteiger partial charge on any atom is -0.0724 e. The molecule has 1 radical (unpaired) electrons. The number of benzene rings is 1. The maximum absolute atomic E-state index is 2.40. The van der Waals surface area contributed by atoms with Gasteiger partial charge in [0.2, 0.25) is 0 Å². The Kier molecular flexibility index (Phi) is 2.79. The molecule has 0 amide bonds. The van der Waals surface area contributed by atoms with E-state index >= 15 is 0 Å². The molecule has 14 heavy (non-hydrogen) atoms. The minimum absolute atomic E-state index is 0. The fourth-order valence-corrected chi connectivity index (χ4v) is 2.43. The van der Waals surface area contributed by atoms with Crippen LogP contribution in [0.5, 0.6) is 0 Å². The molecule has 2 aliphatic rings. The molecular formula is C13H13Zr. The average molecular weight is 260 g/mol. The second kappa shape index (κ2) is 3.78. The van der Waals surface area contributed by atoms with E-state index in [1.807, 2.05) is 0 Å². The SMILES string of the molecule is C[C]1C=Cc2cc3c(cc21)CCC3.[Zr]. The molecule has 0 aromatic heterocycles. The number of fused-ring (bicyclic) bond motifs is 2. The standard InChI is InChI=1S/C13H13.Zr/c1-9-5-6-12-7-10-3-2-4-11(10)8-13(9)12;/h5-8H,2-4H2,1H3;. The Balaban J connectivity index is 0.000000750. The van der Waals surface area contributed by atoms with E-state index in [1.54, 1.807) is 11.1 Å². The van der Waals surface area contributed by atoms with Crippen molar-refractivity contribution >= 4 is 6.08 Å². The molecule has 0 atom stereocenters. The first kappa shape index (κ1) is 10.4. The van der Waals surface area contributed by atoms with Crippen LogP contribution in [-0.2, 0) is 39.0 Å². The Morgan fingerprint density at radius 3 is 2.50 bits per heavy atom. The Labute approximate surface area is 105 Å². The first-order chi connectivity index (χ1) is 6.34. The number of hydrogen-bond donors (Lipinski definition) is 0. The van der Waals surface area contributed by atoms with Gasteiger partial charge in [-0.1, -0.05) is 31.2 Å². The van der Waals surface area contributed by atoms with E-state index in [0.29, 0.717) is 0 Å². The van der Waals surface area contributed by atoms with Crippen LogP contribution in [0, 0.1) is 5.92 Å². The maximum Gasteiger partial charge on any atom is 0.0242 e. The van der Waals surface area contributed by atoms with Crippen molar-refractivity contribution in [3.8, 4) is 0 Å². The molecule has 3 rings (SSSR count). The van der Waals surface area contributed by atoms with E-state index in [9.17, 15) is 0 Å². The molecule has 0 N–H and O–H groups in total. The normalized spacial score (nSPS) is 17.8. The van der Waals surface area contributed by atoms with Crippen molar-refractivity contribution < 1.29 is 26.2 Å². The van der Waals surface area contributed by atoms with Gasteiger partial charge in [-0.15, -0.1) is 0 Å². The molecule has 1 aromatic carbocycles. The van der Waals surface area contributed by atoms with Crippen LogP contribution in [0.1, 0.15) is 35.6 Å². The van der Waals surface area contributed by atoms with Crippen LogP contribution in [0.2, 0.25) is 0 Å². The van der Waals surface area contributed by atoms with E-state index < -0.39 is 0 Å². The maximum atomic E-state index is 2.40. The topological polar surface area (TPSA) is 0 Å². The van der Waals surface area contributed by atoms with E-state index in [2.05, 4.69) is 31.2 Å². The zero-order chi connectivity index (χ0) is 8.84. The van der Waals surface area contributed by atoms with Crippen LogP contribution in [0.25, 0.3) is 6.08 Å². The molecule has 69 valence electrons. The monoisotopic (exact) mass is 259 g/mol. The molecule has 0 unspecified atom stereocenters. The summed E-state index contributed by atoms with van der Waals surface area (Å²) in [4.78, 5) is 0. The van der Waals surface area contributed by atoms with Gasteiger partial charge in [0, 0.05) is 32.1 Å². The molecule has 0 bridgehead atoms. The predicted molar refractivity (Wildman–Crippen MR) is 55.5 cm³/mol. The fourth-order valence-electron chi connectivity index (χ4n) is 2.43. The Morgan fingerprint density at radius 2 is 1.71 bits per heavy atom. The summed E-state index contributed by atoms with van der Waals surface area (Å²) in [6.07, 6.45) is 8.38. The molecule has 1 aromatic rings. The first-order valence-electron chi connectivity index (χ1n) is 5.02. The largest absolute Gasteiger partial charge is 0.0724 e. The van der Waals surface area contributed by atoms with Gasteiger partial charge in [0.1, 0.15) is 0 Å². The molecule has 0 nitrogen and oxygen atoms in total. The summed E-state index contributed by atoms with van der Waals surface area (Å²) < 4.78 is 0. The summed E-state index contributed by atoms with van der Waals surface area (Å²) in [6.45, 7) is 2.20. The summed E-state index contributed by atoms with van der Waals surface area (Å²) in [5, 5.41) is 0. The third kappa shape index (κ3) is 1.46. The third-order valence-corrected chi connectivity index (χ3v) is 3.20. The van der Waals surface area contributed by atoms with Crippen molar-refractivity contribution in [2.24, 2.45) is 0 Å². The number of allylic oxidation sites excluding steroid dienone is 1. The molecule has 2 aliphatic carbocycles. The van der Waals surface area contributed by atoms with E-state index in [0.717, 1.165) is 0 Å². The summed E-state index contributed by atoms with van der Waals surface area (Å²) in [7, 11) is 0. The van der Waals surface area contributed by atoms with Crippen molar-refractivity contribution in [3.05, 3.63) is 46.4 Å². The summed E-state index contributed by atoms with van der Waals surface area (Å²) in [6, 6.07) is 4.78. The van der Waals surface area contributed by atoms with Crippen LogP contribution in [-0.4, -0.2) is 0 Å². The number of hydrogen-bond acceptors (Lipinski definition) is 0. The van der Waals surface area contributed by atoms with Crippen molar-refractivity contribution in [2.75, 3.05) is 0 Å². The molecule has 0 fully saturated rings. The summed E-state index contributed by atoms with van der Waals surface area (Å²) >= 11 is 0. The quantitative estimate of drug-likeness (QED) is 0.672. The van der Waals surface area contributed by atoms with Crippen LogP contribution >= 0.6 is 0 Å². The predicted octanol–water partition coefficient (Wildman–Crippen LogP) is 3.14. The molecule has 0 spiro atoms. The molecule has 0 aliphatic heterocycles. The minimum atomic E-state index is 0. The van der Waals surface area contributed by atoms with Gasteiger partial charge in [0.25, 0.3) is 0 Å². The van der Waals surface area contributed by atoms with Crippen LogP contribution in [0.15, 0.2) is 18.2 Å². The molecular weight excluding hydrogens is 247 g/mol. The second-order valence-corrected chi connectivity index (χ2v) is 4.08. The van der Waals surface area contributed by atoms with Crippen molar-refractivity contribution in [2.45, 2.75) is 26.2 Å². The van der Waals surface area contributed by atoms with Crippen molar-refractivity contribution in [1.82, 2.24) is 0 Å². The van der Waals surface area contributed by atoms with Gasteiger partial charge < -0.3 is 0 Å². The van der Waals surface area contributed by atoms with Crippen LogP contribution in [0.3, 0.4) is 0 Å². The van der Waals surface area contributed by atoms with E-state index in [1.165, 1.54) is 36.3 Å². The van der Waals surface area contributed by atoms with Gasteiger partial charge in [-0.25, -0.2) is 0 Å². The Bertz CT molecular complexity index is 390. The first-order valence-corrected chi connectivity index (χ1v) is 5.02. The third-order valence-electron chi connectivity index (χ3n) is 3.20. The zero-order valence-corrected chi connectivity index (χ0v) is 10.9. The summed E-state index contributed by atoms with van der Waals surface area (Å²) in [5.41, 5.74) is 6.05. The zero-order valence-electron chi connectivity index (χ0n) is 8.43. The molecule has 0 saturated carbocycles. The van der Waals surface area contributed by atoms with Gasteiger partial charge in [0.15, 0.2) is 0 Å². The van der Waals surface area contributed by atoms with E-state index in [-0.39, 0.29) is 26.2 Å². The van der Waals surface area contributed by atoms with Crippen LogP contribution < -0.4 is 0 Å². The van der Waals surface area contributed by atoms with Gasteiger partial charge in [-0.2, -0.15) is 0 Å². The van der Waals surface area contributed by atoms with Crippen molar-refractivity contribution in [1.29, 1.82) is 0 Å². The molecule has 0 saturated heterocycles. The smallest absolute Gasteiger partial charge is 0.0242 e. The van der Waals surface area contributed by atoms with Crippen LogP contribution in [0.4, 0.5) is 0 Å². The average Bonchev–Trinajstić information content (AvgIpc) is 2.70. The molecule has 1 heteroatoms. The van der Waals surface area contributed by atoms with Gasteiger partial charge >= 0.3 is 0 Å². The Morgan fingerprint density at radius 1 is 1.00 bits per heavy atom. The Hall–Kier alpha value is -0.157. The summed E-state index contributed by atoms with van der Waals surface area (Å²) in [5.74, 6) is 1.42. The van der Waals surface area contributed by atoms with Gasteiger partial charge in [-0.05, 0) is 41.5 Å². The van der Waals surface area contributed by atoms with Gasteiger partial charge in [0.05, 0.1) is 0 Å². The van der Waals surface area contributed by atoms with E-state index in [4.69, 9.17) is 0 Å². The molecule has 0 heterocycles. The fraction of sp³-hybridized carbons (Fsp3) is 0.308. The second-order valence-electron chi connectivity index (χ2n) is 4.08. The van der Waals surface area contributed by atoms with Crippen molar-refractivity contribution in [3.63, 3.8) is 0 Å².